The molecule has 2 aromatic rings. The molecule has 1 aliphatic carbocycles. The van der Waals surface area contributed by atoms with Crippen molar-refractivity contribution in [2.75, 3.05) is 6.61 Å². The molecule has 1 atom stereocenters. The number of aromatic hydroxyl groups is 1. The zero-order valence-corrected chi connectivity index (χ0v) is 14.8. The number of hydrogen-bond acceptors (Lipinski definition) is 4. The van der Waals surface area contributed by atoms with Gasteiger partial charge in [-0.2, -0.15) is 0 Å². The van der Waals surface area contributed by atoms with Gasteiger partial charge in [-0.25, -0.2) is 4.79 Å². The lowest BCUT2D eigenvalue weighted by Gasteiger charge is -2.20. The molecule has 0 fully saturated rings. The number of ether oxygens (including phenoxy) is 1. The monoisotopic (exact) mass is 353 g/mol. The van der Waals surface area contributed by atoms with Gasteiger partial charge in [0.05, 0.1) is 11.6 Å². The Bertz CT molecular complexity index is 815. The molecule has 26 heavy (non-hydrogen) atoms. The molecule has 2 aromatic carbocycles. The van der Waals surface area contributed by atoms with E-state index in [9.17, 15) is 14.7 Å². The van der Waals surface area contributed by atoms with E-state index in [1.807, 2.05) is 13.0 Å². The van der Waals surface area contributed by atoms with E-state index in [1.165, 1.54) is 42.2 Å². The number of amides is 1. The molecule has 0 bridgehead atoms. The van der Waals surface area contributed by atoms with Crippen molar-refractivity contribution in [1.82, 2.24) is 5.32 Å². The third-order valence-electron chi connectivity index (χ3n) is 4.67. The van der Waals surface area contributed by atoms with Crippen LogP contribution in [0.25, 0.3) is 0 Å². The number of aryl methyl sites for hydroxylation is 2. The first kappa shape index (κ1) is 18.0. The Balaban J connectivity index is 1.53. The molecule has 0 aliphatic heterocycles. The van der Waals surface area contributed by atoms with Crippen LogP contribution in [0.1, 0.15) is 52.9 Å². The summed E-state index contributed by atoms with van der Waals surface area (Å²) in [5.41, 5.74) is 4.03. The predicted molar refractivity (Wildman–Crippen MR) is 98.0 cm³/mol. The highest BCUT2D eigenvalue weighted by atomic mass is 16.5. The van der Waals surface area contributed by atoms with Gasteiger partial charge in [0.2, 0.25) is 0 Å². The molecule has 0 saturated heterocycles. The summed E-state index contributed by atoms with van der Waals surface area (Å²) in [5, 5.41) is 12.2. The van der Waals surface area contributed by atoms with Crippen LogP contribution >= 0.6 is 0 Å². The van der Waals surface area contributed by atoms with Gasteiger partial charge < -0.3 is 15.2 Å². The van der Waals surface area contributed by atoms with Crippen LogP contribution < -0.4 is 5.32 Å². The van der Waals surface area contributed by atoms with E-state index < -0.39 is 5.97 Å². The zero-order chi connectivity index (χ0) is 18.5. The molecule has 0 radical (unpaired) electrons. The van der Waals surface area contributed by atoms with Crippen LogP contribution in [-0.4, -0.2) is 23.6 Å². The molecule has 0 unspecified atom stereocenters. The van der Waals surface area contributed by atoms with Gasteiger partial charge in [0.15, 0.2) is 6.61 Å². The predicted octanol–water partition coefficient (Wildman–Crippen LogP) is 3.31. The molecule has 136 valence electrons. The Hall–Kier alpha value is -2.82. The Morgan fingerprint density at radius 2 is 1.88 bits per heavy atom. The summed E-state index contributed by atoms with van der Waals surface area (Å²) in [6.07, 6.45) is 4.66. The Morgan fingerprint density at radius 1 is 1.12 bits per heavy atom. The summed E-state index contributed by atoms with van der Waals surface area (Å²) in [5.74, 6) is -1.02. The fourth-order valence-corrected chi connectivity index (χ4v) is 3.24. The summed E-state index contributed by atoms with van der Waals surface area (Å²) >= 11 is 0. The van der Waals surface area contributed by atoms with Crippen LogP contribution in [0, 0.1) is 0 Å². The van der Waals surface area contributed by atoms with Gasteiger partial charge in [0.1, 0.15) is 5.75 Å². The quantitative estimate of drug-likeness (QED) is 0.809. The van der Waals surface area contributed by atoms with E-state index >= 15 is 0 Å². The van der Waals surface area contributed by atoms with Crippen molar-refractivity contribution >= 4 is 11.9 Å². The molecular weight excluding hydrogens is 330 g/mol. The minimum absolute atomic E-state index is 0.0232. The van der Waals surface area contributed by atoms with Gasteiger partial charge >= 0.3 is 5.97 Å². The average Bonchev–Trinajstić information content (AvgIpc) is 2.65. The number of carbonyl (C=O) groups is 2. The number of fused-ring (bicyclic) bond motifs is 1. The van der Waals surface area contributed by atoms with Gasteiger partial charge in [0, 0.05) is 0 Å². The number of hydrogen-bond donors (Lipinski definition) is 2. The van der Waals surface area contributed by atoms with E-state index in [0.717, 1.165) is 18.4 Å². The largest absolute Gasteiger partial charge is 0.508 e. The summed E-state index contributed by atoms with van der Waals surface area (Å²) in [6, 6.07) is 12.0. The lowest BCUT2D eigenvalue weighted by molar-refractivity contribution is -0.124. The lowest BCUT2D eigenvalue weighted by atomic mass is 9.89. The van der Waals surface area contributed by atoms with Crippen molar-refractivity contribution in [2.24, 2.45) is 0 Å². The minimum atomic E-state index is -0.641. The summed E-state index contributed by atoms with van der Waals surface area (Å²) in [7, 11) is 0. The maximum absolute atomic E-state index is 12.1. The topological polar surface area (TPSA) is 75.6 Å². The first-order chi connectivity index (χ1) is 12.5. The van der Waals surface area contributed by atoms with Gasteiger partial charge in [0.25, 0.3) is 5.91 Å². The average molecular weight is 353 g/mol. The molecule has 0 spiro atoms. The normalized spacial score (nSPS) is 14.2. The van der Waals surface area contributed by atoms with Crippen LogP contribution in [-0.2, 0) is 22.4 Å². The molecule has 2 N–H and O–H groups in total. The molecular formula is C21H23NO4. The van der Waals surface area contributed by atoms with Crippen LogP contribution in [0.15, 0.2) is 42.5 Å². The number of benzene rings is 2. The van der Waals surface area contributed by atoms with E-state index in [1.54, 1.807) is 6.07 Å². The first-order valence-corrected chi connectivity index (χ1v) is 8.90. The van der Waals surface area contributed by atoms with Crippen LogP contribution in [0.5, 0.6) is 5.75 Å². The smallest absolute Gasteiger partial charge is 0.338 e. The molecule has 5 heteroatoms. The number of rotatable bonds is 5. The molecule has 0 heterocycles. The molecule has 3 rings (SSSR count). The van der Waals surface area contributed by atoms with Crippen molar-refractivity contribution in [3.63, 3.8) is 0 Å². The highest BCUT2D eigenvalue weighted by Gasteiger charge is 2.15. The summed E-state index contributed by atoms with van der Waals surface area (Å²) < 4.78 is 5.01. The molecule has 1 aliphatic rings. The Labute approximate surface area is 153 Å². The standard InChI is InChI=1S/C21H23NO4/c1-14(16-10-9-15-5-2-3-6-17(15)11-16)22-20(24)13-26-21(25)18-7-4-8-19(23)12-18/h4,7-12,14,23H,2-3,5-6,13H2,1H3,(H,22,24)/t14-/m0/s1. The maximum atomic E-state index is 12.1. The minimum Gasteiger partial charge on any atom is -0.508 e. The van der Waals surface area contributed by atoms with Gasteiger partial charge in [-0.1, -0.05) is 24.3 Å². The molecule has 0 aromatic heterocycles. The third-order valence-corrected chi connectivity index (χ3v) is 4.67. The van der Waals surface area contributed by atoms with E-state index in [2.05, 4.69) is 17.4 Å². The second-order valence-electron chi connectivity index (χ2n) is 6.65. The molecule has 1 amide bonds. The van der Waals surface area contributed by atoms with Crippen molar-refractivity contribution in [2.45, 2.75) is 38.6 Å². The number of phenolic OH excluding ortho intramolecular Hbond substituents is 1. The number of carbonyl (C=O) groups excluding carboxylic acids is 2. The summed E-state index contributed by atoms with van der Waals surface area (Å²) in [6.45, 7) is 1.56. The number of esters is 1. The van der Waals surface area contributed by atoms with Crippen molar-refractivity contribution in [3.05, 3.63) is 64.7 Å². The number of nitrogens with one attached hydrogen (secondary N) is 1. The highest BCUT2D eigenvalue weighted by Crippen LogP contribution is 2.24. The van der Waals surface area contributed by atoms with E-state index in [-0.39, 0.29) is 29.9 Å². The fourth-order valence-electron chi connectivity index (χ4n) is 3.24. The highest BCUT2D eigenvalue weighted by molar-refractivity contribution is 5.91. The van der Waals surface area contributed by atoms with Gasteiger partial charge in [-0.05, 0) is 67.5 Å². The van der Waals surface area contributed by atoms with Crippen LogP contribution in [0.3, 0.4) is 0 Å². The van der Waals surface area contributed by atoms with E-state index in [4.69, 9.17) is 4.74 Å². The SMILES string of the molecule is C[C@H](NC(=O)COC(=O)c1cccc(O)c1)c1ccc2c(c1)CCCC2. The van der Waals surface area contributed by atoms with Crippen LogP contribution in [0.2, 0.25) is 0 Å². The maximum Gasteiger partial charge on any atom is 0.338 e. The van der Waals surface area contributed by atoms with Gasteiger partial charge in [-0.15, -0.1) is 0 Å². The second-order valence-corrected chi connectivity index (χ2v) is 6.65. The third kappa shape index (κ3) is 4.42. The van der Waals surface area contributed by atoms with Crippen molar-refractivity contribution in [1.29, 1.82) is 0 Å². The molecule has 5 nitrogen and oxygen atoms in total. The van der Waals surface area contributed by atoms with Gasteiger partial charge in [-0.3, -0.25) is 4.79 Å². The Kier molecular flexibility index (Phi) is 5.56. The molecule has 0 saturated carbocycles. The van der Waals surface area contributed by atoms with E-state index in [0.29, 0.717) is 0 Å². The first-order valence-electron chi connectivity index (χ1n) is 8.90. The van der Waals surface area contributed by atoms with Crippen LogP contribution in [0.4, 0.5) is 0 Å². The summed E-state index contributed by atoms with van der Waals surface area (Å²) in [4.78, 5) is 24.0. The fraction of sp³-hybridized carbons (Fsp3) is 0.333. The lowest BCUT2D eigenvalue weighted by Crippen LogP contribution is -2.31. The number of phenols is 1. The Morgan fingerprint density at radius 3 is 2.65 bits per heavy atom. The second kappa shape index (κ2) is 8.04. The van der Waals surface area contributed by atoms with Crippen molar-refractivity contribution in [3.8, 4) is 5.75 Å². The van der Waals surface area contributed by atoms with Crippen molar-refractivity contribution < 1.29 is 19.4 Å². The zero-order valence-electron chi connectivity index (χ0n) is 14.8.